The molecule has 1 unspecified atom stereocenters. The van der Waals surface area contributed by atoms with Crippen LogP contribution in [0.3, 0.4) is 0 Å². The molecule has 0 aromatic heterocycles. The van der Waals surface area contributed by atoms with E-state index in [9.17, 15) is 18.3 Å². The number of hydrogen-bond donors (Lipinski definition) is 1. The predicted molar refractivity (Wildman–Crippen MR) is 45.9 cm³/mol. The summed E-state index contributed by atoms with van der Waals surface area (Å²) in [6, 6.07) is 0. The van der Waals surface area contributed by atoms with Gasteiger partial charge in [-0.25, -0.2) is 0 Å². The zero-order chi connectivity index (χ0) is 10.1. The Bertz CT molecular complexity index is 187. The minimum absolute atomic E-state index is 0.219. The standard InChI is InChI=1S/C7H11BrF3NO/c8-2-4-12-3-1-6(13,5-12)7(9,10)11/h13H,1-5H2. The van der Waals surface area contributed by atoms with Crippen LogP contribution in [0, 0.1) is 0 Å². The first-order chi connectivity index (χ1) is 5.89. The largest absolute Gasteiger partial charge is 0.418 e. The average Bonchev–Trinajstić information content (AvgIpc) is 2.32. The molecule has 2 nitrogen and oxygen atoms in total. The van der Waals surface area contributed by atoms with Gasteiger partial charge < -0.3 is 5.11 Å². The summed E-state index contributed by atoms with van der Waals surface area (Å²) < 4.78 is 36.8. The SMILES string of the molecule is OC1(C(F)(F)F)CCN(CCBr)C1. The third kappa shape index (κ3) is 2.35. The maximum Gasteiger partial charge on any atom is 0.418 e. The van der Waals surface area contributed by atoms with E-state index in [0.29, 0.717) is 18.4 Å². The van der Waals surface area contributed by atoms with Crippen LogP contribution in [0.5, 0.6) is 0 Å². The molecule has 6 heteroatoms. The van der Waals surface area contributed by atoms with Crippen molar-refractivity contribution in [2.45, 2.75) is 18.2 Å². The van der Waals surface area contributed by atoms with Gasteiger partial charge in [0.15, 0.2) is 5.60 Å². The van der Waals surface area contributed by atoms with Gasteiger partial charge in [0.2, 0.25) is 0 Å². The molecule has 1 aliphatic rings. The molecule has 0 aromatic rings. The van der Waals surface area contributed by atoms with Crippen LogP contribution in [-0.2, 0) is 0 Å². The van der Waals surface area contributed by atoms with E-state index in [2.05, 4.69) is 15.9 Å². The van der Waals surface area contributed by atoms with Gasteiger partial charge in [-0.3, -0.25) is 4.90 Å². The lowest BCUT2D eigenvalue weighted by atomic mass is 10.0. The van der Waals surface area contributed by atoms with Crippen molar-refractivity contribution < 1.29 is 18.3 Å². The summed E-state index contributed by atoms with van der Waals surface area (Å²) in [6.07, 6.45) is -4.72. The molecule has 13 heavy (non-hydrogen) atoms. The molecule has 1 N–H and O–H groups in total. The van der Waals surface area contributed by atoms with Crippen molar-refractivity contribution in [1.29, 1.82) is 0 Å². The summed E-state index contributed by atoms with van der Waals surface area (Å²) in [5.41, 5.74) is -2.49. The molecule has 0 saturated carbocycles. The van der Waals surface area contributed by atoms with Gasteiger partial charge in [-0.2, -0.15) is 13.2 Å². The highest BCUT2D eigenvalue weighted by Gasteiger charge is 2.56. The van der Waals surface area contributed by atoms with E-state index >= 15 is 0 Å². The predicted octanol–water partition coefficient (Wildman–Crippen LogP) is 1.38. The molecule has 0 radical (unpaired) electrons. The van der Waals surface area contributed by atoms with Gasteiger partial charge in [0.1, 0.15) is 0 Å². The number of alkyl halides is 4. The van der Waals surface area contributed by atoms with Crippen molar-refractivity contribution in [3.63, 3.8) is 0 Å². The van der Waals surface area contributed by atoms with Crippen molar-refractivity contribution >= 4 is 15.9 Å². The maximum absolute atomic E-state index is 12.3. The number of likely N-dealkylation sites (tertiary alicyclic amines) is 1. The Labute approximate surface area is 82.8 Å². The van der Waals surface area contributed by atoms with Crippen LogP contribution in [0.2, 0.25) is 0 Å². The Morgan fingerprint density at radius 1 is 1.46 bits per heavy atom. The zero-order valence-corrected chi connectivity index (χ0v) is 8.53. The molecule has 0 aromatic carbocycles. The molecule has 0 spiro atoms. The molecule has 0 amide bonds. The maximum atomic E-state index is 12.3. The lowest BCUT2D eigenvalue weighted by Crippen LogP contribution is -2.47. The molecular weight excluding hydrogens is 251 g/mol. The first kappa shape index (κ1) is 11.3. The van der Waals surface area contributed by atoms with Gasteiger partial charge in [-0.1, -0.05) is 15.9 Å². The fourth-order valence-electron chi connectivity index (χ4n) is 1.41. The molecule has 1 saturated heterocycles. The number of hydrogen-bond acceptors (Lipinski definition) is 2. The highest BCUT2D eigenvalue weighted by Crippen LogP contribution is 2.37. The minimum Gasteiger partial charge on any atom is -0.379 e. The average molecular weight is 262 g/mol. The minimum atomic E-state index is -4.51. The van der Waals surface area contributed by atoms with Gasteiger partial charge in [-0.05, 0) is 6.42 Å². The molecular formula is C7H11BrF3NO. The molecule has 1 atom stereocenters. The van der Waals surface area contributed by atoms with Gasteiger partial charge >= 0.3 is 6.18 Å². The van der Waals surface area contributed by atoms with E-state index in [1.165, 1.54) is 0 Å². The molecule has 1 aliphatic heterocycles. The molecule has 1 heterocycles. The molecule has 1 rings (SSSR count). The van der Waals surface area contributed by atoms with Crippen LogP contribution in [0.15, 0.2) is 0 Å². The van der Waals surface area contributed by atoms with Crippen LogP contribution in [0.1, 0.15) is 6.42 Å². The van der Waals surface area contributed by atoms with Gasteiger partial charge in [0.25, 0.3) is 0 Å². The van der Waals surface area contributed by atoms with Crippen molar-refractivity contribution in [3.05, 3.63) is 0 Å². The molecule has 0 aliphatic carbocycles. The molecule has 1 fully saturated rings. The Morgan fingerprint density at radius 2 is 2.08 bits per heavy atom. The van der Waals surface area contributed by atoms with E-state index in [4.69, 9.17) is 0 Å². The topological polar surface area (TPSA) is 23.5 Å². The van der Waals surface area contributed by atoms with E-state index < -0.39 is 11.8 Å². The zero-order valence-electron chi connectivity index (χ0n) is 6.94. The number of aliphatic hydroxyl groups is 1. The fraction of sp³-hybridized carbons (Fsp3) is 1.00. The smallest absolute Gasteiger partial charge is 0.379 e. The van der Waals surface area contributed by atoms with Crippen molar-refractivity contribution in [2.75, 3.05) is 25.0 Å². The summed E-state index contributed by atoms with van der Waals surface area (Å²) in [4.78, 5) is 1.60. The van der Waals surface area contributed by atoms with Gasteiger partial charge in [-0.15, -0.1) is 0 Å². The first-order valence-electron chi connectivity index (χ1n) is 3.96. The summed E-state index contributed by atoms with van der Waals surface area (Å²) in [6.45, 7) is 0.544. The highest BCUT2D eigenvalue weighted by molar-refractivity contribution is 9.09. The number of nitrogens with zero attached hydrogens (tertiary/aromatic N) is 1. The molecule has 0 bridgehead atoms. The summed E-state index contributed by atoms with van der Waals surface area (Å²) in [5, 5.41) is 9.87. The van der Waals surface area contributed by atoms with E-state index in [1.807, 2.05) is 0 Å². The van der Waals surface area contributed by atoms with Crippen molar-refractivity contribution in [2.24, 2.45) is 0 Å². The second kappa shape index (κ2) is 3.74. The normalized spacial score (nSPS) is 31.2. The van der Waals surface area contributed by atoms with Crippen LogP contribution in [-0.4, -0.2) is 46.7 Å². The third-order valence-corrected chi connectivity index (χ3v) is 2.61. The second-order valence-electron chi connectivity index (χ2n) is 3.24. The number of β-amino-alcohol motifs (C(OH)–C–C–N with tert-alkyl or cyclic N) is 1. The van der Waals surface area contributed by atoms with Gasteiger partial charge in [0.05, 0.1) is 0 Å². The monoisotopic (exact) mass is 261 g/mol. The lowest BCUT2D eigenvalue weighted by Gasteiger charge is -2.25. The lowest BCUT2D eigenvalue weighted by molar-refractivity contribution is -0.253. The van der Waals surface area contributed by atoms with Crippen molar-refractivity contribution in [3.8, 4) is 0 Å². The molecule has 78 valence electrons. The summed E-state index contributed by atoms with van der Waals surface area (Å²) in [5.74, 6) is 0. The summed E-state index contributed by atoms with van der Waals surface area (Å²) >= 11 is 3.14. The van der Waals surface area contributed by atoms with E-state index in [-0.39, 0.29) is 13.0 Å². The number of halogens is 4. The van der Waals surface area contributed by atoms with Crippen LogP contribution in [0.4, 0.5) is 13.2 Å². The first-order valence-corrected chi connectivity index (χ1v) is 5.09. The Kier molecular flexibility index (Phi) is 3.24. The Hall–Kier alpha value is 0.190. The Balaban J connectivity index is 2.56. The van der Waals surface area contributed by atoms with E-state index in [0.717, 1.165) is 0 Å². The van der Waals surface area contributed by atoms with E-state index in [1.54, 1.807) is 4.90 Å². The van der Waals surface area contributed by atoms with Crippen LogP contribution in [0.25, 0.3) is 0 Å². The van der Waals surface area contributed by atoms with Crippen molar-refractivity contribution in [1.82, 2.24) is 4.90 Å². The van der Waals surface area contributed by atoms with Gasteiger partial charge in [0, 0.05) is 25.0 Å². The second-order valence-corrected chi connectivity index (χ2v) is 4.04. The number of rotatable bonds is 2. The quantitative estimate of drug-likeness (QED) is 0.760. The van der Waals surface area contributed by atoms with Crippen LogP contribution >= 0.6 is 15.9 Å². The third-order valence-electron chi connectivity index (χ3n) is 2.26. The van der Waals surface area contributed by atoms with Crippen LogP contribution < -0.4 is 0 Å². The summed E-state index contributed by atoms with van der Waals surface area (Å²) in [7, 11) is 0. The Morgan fingerprint density at radius 3 is 2.46 bits per heavy atom. The fourth-order valence-corrected chi connectivity index (χ4v) is 1.91. The highest BCUT2D eigenvalue weighted by atomic mass is 79.9.